The molecule has 0 saturated heterocycles. The molecule has 7 heteroatoms. The first-order valence-electron chi connectivity index (χ1n) is 8.98. The minimum Gasteiger partial charge on any atom is -0.493 e. The predicted octanol–water partition coefficient (Wildman–Crippen LogP) is 3.14. The molecule has 1 heterocycles. The number of nitrogens with zero attached hydrogens (tertiary/aromatic N) is 1. The van der Waals surface area contributed by atoms with Crippen LogP contribution in [0.2, 0.25) is 0 Å². The van der Waals surface area contributed by atoms with Crippen molar-refractivity contribution in [2.75, 3.05) is 28.4 Å². The molecule has 0 aliphatic carbocycles. The zero-order valence-electron chi connectivity index (χ0n) is 17.5. The number of methoxy groups -OCH3 is 3. The molecule has 1 aromatic carbocycles. The molecule has 152 valence electrons. The molecular weight excluding hydrogens is 360 g/mol. The average Bonchev–Trinajstić information content (AvgIpc) is 2.99. The summed E-state index contributed by atoms with van der Waals surface area (Å²) in [5, 5.41) is 0. The lowest BCUT2D eigenvalue weighted by Crippen LogP contribution is -2.36. The molecule has 2 aromatic rings. The first-order valence-corrected chi connectivity index (χ1v) is 8.98. The second-order valence-corrected chi connectivity index (χ2v) is 6.72. The lowest BCUT2D eigenvalue weighted by Gasteiger charge is -2.25. The fourth-order valence-corrected chi connectivity index (χ4v) is 3.30. The van der Waals surface area contributed by atoms with Gasteiger partial charge in [-0.3, -0.25) is 9.69 Å². The van der Waals surface area contributed by atoms with Gasteiger partial charge in [0.05, 0.1) is 38.6 Å². The van der Waals surface area contributed by atoms with E-state index >= 15 is 0 Å². The molecule has 0 bridgehead atoms. The van der Waals surface area contributed by atoms with Gasteiger partial charge in [0.1, 0.15) is 0 Å². The molecule has 28 heavy (non-hydrogen) atoms. The van der Waals surface area contributed by atoms with Crippen LogP contribution in [-0.4, -0.2) is 56.1 Å². The van der Waals surface area contributed by atoms with E-state index in [1.807, 2.05) is 37.1 Å². The first kappa shape index (κ1) is 21.5. The number of Topliss-reactive ketones (excluding diaryl/α,β-unsaturated/α-hetero) is 1. The Kier molecular flexibility index (Phi) is 6.85. The number of nitrogens with one attached hydrogen (secondary N) is 1. The molecule has 1 aromatic heterocycles. The summed E-state index contributed by atoms with van der Waals surface area (Å²) < 4.78 is 15.6. The molecule has 0 radical (unpaired) electrons. The standard InChI is InChI=1S/C21H28N2O5/c1-12-17(21(25)28-7)13(2)22-18(12)19(24)14(3)23(4)11-15-9-8-10-16(26-5)20(15)27-6/h8-10,14,22H,11H2,1-7H3. The highest BCUT2D eigenvalue weighted by molar-refractivity contribution is 6.03. The number of rotatable bonds is 8. The molecule has 2 rings (SSSR count). The monoisotopic (exact) mass is 388 g/mol. The normalized spacial score (nSPS) is 12.0. The maximum atomic E-state index is 13.1. The van der Waals surface area contributed by atoms with Gasteiger partial charge in [0.25, 0.3) is 0 Å². The Balaban J connectivity index is 2.26. The molecule has 0 fully saturated rings. The molecular formula is C21H28N2O5. The number of benzene rings is 1. The number of aromatic amines is 1. The SMILES string of the molecule is COC(=O)c1c(C)[nH]c(C(=O)C(C)N(C)Cc2cccc(OC)c2OC)c1C. The summed E-state index contributed by atoms with van der Waals surface area (Å²) in [6.07, 6.45) is 0. The van der Waals surface area contributed by atoms with Crippen LogP contribution in [0.4, 0.5) is 0 Å². The molecule has 0 aliphatic heterocycles. The van der Waals surface area contributed by atoms with E-state index in [0.29, 0.717) is 40.6 Å². The van der Waals surface area contributed by atoms with Crippen molar-refractivity contribution in [3.63, 3.8) is 0 Å². The Hall–Kier alpha value is -2.80. The van der Waals surface area contributed by atoms with Crippen molar-refractivity contribution in [2.45, 2.75) is 33.4 Å². The Morgan fingerprint density at radius 1 is 1.14 bits per heavy atom. The number of carbonyl (C=O) groups excluding carboxylic acids is 2. The van der Waals surface area contributed by atoms with Gasteiger partial charge < -0.3 is 19.2 Å². The van der Waals surface area contributed by atoms with E-state index in [1.54, 1.807) is 28.1 Å². The minimum atomic E-state index is -0.451. The zero-order valence-corrected chi connectivity index (χ0v) is 17.5. The van der Waals surface area contributed by atoms with Gasteiger partial charge in [-0.1, -0.05) is 12.1 Å². The highest BCUT2D eigenvalue weighted by Crippen LogP contribution is 2.32. The summed E-state index contributed by atoms with van der Waals surface area (Å²) in [4.78, 5) is 30.0. The molecule has 0 amide bonds. The van der Waals surface area contributed by atoms with Crippen molar-refractivity contribution in [3.8, 4) is 11.5 Å². The van der Waals surface area contributed by atoms with Crippen molar-refractivity contribution in [2.24, 2.45) is 0 Å². The molecule has 1 atom stereocenters. The van der Waals surface area contributed by atoms with E-state index in [9.17, 15) is 9.59 Å². The van der Waals surface area contributed by atoms with Crippen molar-refractivity contribution in [1.29, 1.82) is 0 Å². The summed E-state index contributed by atoms with van der Waals surface area (Å²) in [7, 11) is 6.38. The molecule has 0 saturated carbocycles. The van der Waals surface area contributed by atoms with Gasteiger partial charge in [0.15, 0.2) is 17.3 Å². The lowest BCUT2D eigenvalue weighted by atomic mass is 10.0. The molecule has 0 aliphatic rings. The van der Waals surface area contributed by atoms with Crippen molar-refractivity contribution >= 4 is 11.8 Å². The van der Waals surface area contributed by atoms with Crippen LogP contribution in [0.3, 0.4) is 0 Å². The molecule has 0 spiro atoms. The van der Waals surface area contributed by atoms with E-state index < -0.39 is 12.0 Å². The summed E-state index contributed by atoms with van der Waals surface area (Å²) in [6.45, 7) is 5.84. The average molecular weight is 388 g/mol. The van der Waals surface area contributed by atoms with Gasteiger partial charge in [0.2, 0.25) is 0 Å². The number of esters is 1. The summed E-state index contributed by atoms with van der Waals surface area (Å²) >= 11 is 0. The van der Waals surface area contributed by atoms with Crippen LogP contribution in [0.15, 0.2) is 18.2 Å². The number of aromatic nitrogens is 1. The molecule has 1 N–H and O–H groups in total. The van der Waals surface area contributed by atoms with Crippen LogP contribution in [0.25, 0.3) is 0 Å². The fraction of sp³-hybridized carbons (Fsp3) is 0.429. The van der Waals surface area contributed by atoms with Gasteiger partial charge in [-0.2, -0.15) is 0 Å². The predicted molar refractivity (Wildman–Crippen MR) is 106 cm³/mol. The van der Waals surface area contributed by atoms with Gasteiger partial charge in [-0.05, 0) is 39.4 Å². The number of aryl methyl sites for hydroxylation is 1. The number of para-hydroxylation sites is 1. The quantitative estimate of drug-likeness (QED) is 0.553. The van der Waals surface area contributed by atoms with Crippen LogP contribution in [-0.2, 0) is 11.3 Å². The second kappa shape index (κ2) is 8.93. The van der Waals surface area contributed by atoms with Gasteiger partial charge >= 0.3 is 5.97 Å². The van der Waals surface area contributed by atoms with Crippen molar-refractivity contribution in [1.82, 2.24) is 9.88 Å². The van der Waals surface area contributed by atoms with E-state index in [1.165, 1.54) is 7.11 Å². The summed E-state index contributed by atoms with van der Waals surface area (Å²) in [5.41, 5.74) is 2.98. The molecule has 7 nitrogen and oxygen atoms in total. The van der Waals surface area contributed by atoms with E-state index in [0.717, 1.165) is 5.56 Å². The summed E-state index contributed by atoms with van der Waals surface area (Å²) in [5.74, 6) is 0.745. The topological polar surface area (TPSA) is 80.9 Å². The number of hydrogen-bond donors (Lipinski definition) is 1. The minimum absolute atomic E-state index is 0.0971. The fourth-order valence-electron chi connectivity index (χ4n) is 3.30. The third-order valence-corrected chi connectivity index (χ3v) is 5.02. The Morgan fingerprint density at radius 2 is 1.82 bits per heavy atom. The zero-order chi connectivity index (χ0) is 21.0. The van der Waals surface area contributed by atoms with Crippen LogP contribution < -0.4 is 9.47 Å². The van der Waals surface area contributed by atoms with Crippen LogP contribution in [0.5, 0.6) is 11.5 Å². The number of ketones is 1. The maximum absolute atomic E-state index is 13.1. The van der Waals surface area contributed by atoms with Gasteiger partial charge in [0, 0.05) is 17.8 Å². The Labute approximate surface area is 165 Å². The largest absolute Gasteiger partial charge is 0.493 e. The smallest absolute Gasteiger partial charge is 0.339 e. The number of likely N-dealkylation sites (N-methyl/N-ethyl adjacent to an activating group) is 1. The number of carbonyl (C=O) groups is 2. The lowest BCUT2D eigenvalue weighted by molar-refractivity contribution is 0.0599. The number of ether oxygens (including phenoxy) is 3. The Bertz CT molecular complexity index is 872. The highest BCUT2D eigenvalue weighted by Gasteiger charge is 2.27. The van der Waals surface area contributed by atoms with Gasteiger partial charge in [-0.25, -0.2) is 4.79 Å². The van der Waals surface area contributed by atoms with Crippen LogP contribution in [0.1, 0.15) is 44.6 Å². The van der Waals surface area contributed by atoms with Crippen LogP contribution in [0, 0.1) is 13.8 Å². The van der Waals surface area contributed by atoms with E-state index in [4.69, 9.17) is 14.2 Å². The number of hydrogen-bond acceptors (Lipinski definition) is 6. The third kappa shape index (κ3) is 4.04. The maximum Gasteiger partial charge on any atom is 0.339 e. The highest BCUT2D eigenvalue weighted by atomic mass is 16.5. The van der Waals surface area contributed by atoms with Gasteiger partial charge in [-0.15, -0.1) is 0 Å². The third-order valence-electron chi connectivity index (χ3n) is 5.02. The van der Waals surface area contributed by atoms with E-state index in [-0.39, 0.29) is 5.78 Å². The number of H-pyrrole nitrogens is 1. The Morgan fingerprint density at radius 3 is 2.39 bits per heavy atom. The van der Waals surface area contributed by atoms with E-state index in [2.05, 4.69) is 4.98 Å². The second-order valence-electron chi connectivity index (χ2n) is 6.72. The first-order chi connectivity index (χ1) is 13.3. The molecule has 1 unspecified atom stereocenters. The summed E-state index contributed by atoms with van der Waals surface area (Å²) in [6, 6.07) is 5.24. The van der Waals surface area contributed by atoms with Crippen molar-refractivity contribution < 1.29 is 23.8 Å². The van der Waals surface area contributed by atoms with Crippen LogP contribution >= 0.6 is 0 Å². The van der Waals surface area contributed by atoms with Crippen molar-refractivity contribution in [3.05, 3.63) is 46.3 Å².